The topological polar surface area (TPSA) is 29.9 Å². The fourth-order valence-electron chi connectivity index (χ4n) is 1.57. The normalized spacial score (nSPS) is 10.9. The van der Waals surface area contributed by atoms with Crippen molar-refractivity contribution in [3.8, 4) is 0 Å². The molecule has 0 aromatic carbocycles. The Hall–Kier alpha value is -0.780. The number of thiophene rings is 1. The molecule has 92 valence electrons. The lowest BCUT2D eigenvalue weighted by Gasteiger charge is -2.03. The van der Waals surface area contributed by atoms with Crippen LogP contribution in [0.1, 0.15) is 10.6 Å². The second kappa shape index (κ2) is 6.23. The molecule has 2 aromatic rings. The Kier molecular flexibility index (Phi) is 4.65. The van der Waals surface area contributed by atoms with Gasteiger partial charge in [-0.1, -0.05) is 6.07 Å². The number of nitrogens with zero attached hydrogens (tertiary/aromatic N) is 2. The van der Waals surface area contributed by atoms with Crippen molar-refractivity contribution in [2.45, 2.75) is 18.5 Å². The predicted octanol–water partition coefficient (Wildman–Crippen LogP) is 2.67. The third-order valence-electron chi connectivity index (χ3n) is 2.37. The number of nitrogens with one attached hydrogen (secondary N) is 1. The van der Waals surface area contributed by atoms with Gasteiger partial charge in [-0.05, 0) is 24.4 Å². The average Bonchev–Trinajstić information content (AvgIpc) is 2.89. The Bertz CT molecular complexity index is 448. The van der Waals surface area contributed by atoms with Crippen LogP contribution in [0.25, 0.3) is 0 Å². The zero-order valence-corrected chi connectivity index (χ0v) is 11.8. The largest absolute Gasteiger partial charge is 0.311 e. The molecule has 3 nitrogen and oxygen atoms in total. The van der Waals surface area contributed by atoms with Gasteiger partial charge in [-0.25, -0.2) is 0 Å². The summed E-state index contributed by atoms with van der Waals surface area (Å²) in [5, 5.41) is 11.1. The minimum absolute atomic E-state index is 0.975. The van der Waals surface area contributed by atoms with Crippen LogP contribution in [0.3, 0.4) is 0 Å². The van der Waals surface area contributed by atoms with E-state index in [9.17, 15) is 0 Å². The van der Waals surface area contributed by atoms with E-state index < -0.39 is 0 Å². The molecule has 0 amide bonds. The Morgan fingerprint density at radius 3 is 3.06 bits per heavy atom. The third kappa shape index (κ3) is 3.87. The van der Waals surface area contributed by atoms with Crippen molar-refractivity contribution in [2.75, 3.05) is 12.3 Å². The van der Waals surface area contributed by atoms with E-state index in [-0.39, 0.29) is 0 Å². The molecule has 0 saturated carbocycles. The Balaban J connectivity index is 1.65. The Morgan fingerprint density at radius 1 is 1.53 bits per heavy atom. The fraction of sp³-hybridized carbons (Fsp3) is 0.417. The van der Waals surface area contributed by atoms with Crippen LogP contribution in [0.5, 0.6) is 0 Å². The summed E-state index contributed by atoms with van der Waals surface area (Å²) in [5.41, 5.74) is 1.08. The third-order valence-corrected chi connectivity index (χ3v) is 4.33. The monoisotopic (exact) mass is 267 g/mol. The molecule has 0 aliphatic carbocycles. The molecule has 0 unspecified atom stereocenters. The van der Waals surface area contributed by atoms with Gasteiger partial charge in [-0.3, -0.25) is 4.68 Å². The minimum Gasteiger partial charge on any atom is -0.311 e. The van der Waals surface area contributed by atoms with Gasteiger partial charge in [0, 0.05) is 30.8 Å². The van der Waals surface area contributed by atoms with Gasteiger partial charge < -0.3 is 5.32 Å². The molecule has 2 rings (SSSR count). The van der Waals surface area contributed by atoms with Crippen molar-refractivity contribution in [3.63, 3.8) is 0 Å². The van der Waals surface area contributed by atoms with Crippen molar-refractivity contribution in [1.29, 1.82) is 0 Å². The average molecular weight is 267 g/mol. The van der Waals surface area contributed by atoms with Crippen LogP contribution in [0.4, 0.5) is 0 Å². The summed E-state index contributed by atoms with van der Waals surface area (Å²) in [6.45, 7) is 4.02. The molecular weight excluding hydrogens is 250 g/mol. The standard InChI is InChI=1S/C12H17N3S2/c1-10-8-12(15(2)14-10)17-7-5-13-9-11-4-3-6-16-11/h3-4,6,8,13H,5,7,9H2,1-2H3. The molecule has 0 fully saturated rings. The fourth-order valence-corrected chi connectivity index (χ4v) is 3.19. The van der Waals surface area contributed by atoms with E-state index >= 15 is 0 Å². The molecule has 0 atom stereocenters. The zero-order chi connectivity index (χ0) is 12.1. The van der Waals surface area contributed by atoms with Gasteiger partial charge in [0.25, 0.3) is 0 Å². The van der Waals surface area contributed by atoms with Crippen LogP contribution >= 0.6 is 23.1 Å². The van der Waals surface area contributed by atoms with Crippen LogP contribution in [-0.2, 0) is 13.6 Å². The van der Waals surface area contributed by atoms with Crippen LogP contribution < -0.4 is 5.32 Å². The summed E-state index contributed by atoms with van der Waals surface area (Å²) < 4.78 is 1.94. The van der Waals surface area contributed by atoms with Gasteiger partial charge in [0.1, 0.15) is 0 Å². The lowest BCUT2D eigenvalue weighted by molar-refractivity contribution is 0.690. The molecule has 17 heavy (non-hydrogen) atoms. The van der Waals surface area contributed by atoms with Gasteiger partial charge in [0.15, 0.2) is 0 Å². The quantitative estimate of drug-likeness (QED) is 0.644. The van der Waals surface area contributed by atoms with E-state index in [1.807, 2.05) is 30.4 Å². The summed E-state index contributed by atoms with van der Waals surface area (Å²) in [6.07, 6.45) is 0. The predicted molar refractivity (Wildman–Crippen MR) is 74.7 cm³/mol. The van der Waals surface area contributed by atoms with Gasteiger partial charge in [0.2, 0.25) is 0 Å². The molecule has 0 radical (unpaired) electrons. The van der Waals surface area contributed by atoms with E-state index in [0.29, 0.717) is 0 Å². The molecule has 5 heteroatoms. The molecule has 0 aliphatic heterocycles. The van der Waals surface area contributed by atoms with Crippen molar-refractivity contribution in [1.82, 2.24) is 15.1 Å². The van der Waals surface area contributed by atoms with E-state index in [1.165, 1.54) is 9.90 Å². The highest BCUT2D eigenvalue weighted by atomic mass is 32.2. The van der Waals surface area contributed by atoms with Crippen LogP contribution in [-0.4, -0.2) is 22.1 Å². The van der Waals surface area contributed by atoms with E-state index in [1.54, 1.807) is 11.3 Å². The van der Waals surface area contributed by atoms with Crippen LogP contribution in [0.2, 0.25) is 0 Å². The maximum absolute atomic E-state index is 4.33. The summed E-state index contributed by atoms with van der Waals surface area (Å²) in [4.78, 5) is 1.39. The van der Waals surface area contributed by atoms with E-state index in [0.717, 1.165) is 24.5 Å². The first-order valence-electron chi connectivity index (χ1n) is 5.62. The lowest BCUT2D eigenvalue weighted by atomic mass is 10.4. The van der Waals surface area contributed by atoms with E-state index in [2.05, 4.69) is 34.0 Å². The molecule has 1 N–H and O–H groups in total. The number of aryl methyl sites for hydroxylation is 2. The van der Waals surface area contributed by atoms with Crippen molar-refractivity contribution >= 4 is 23.1 Å². The minimum atomic E-state index is 0.975. The first kappa shape index (κ1) is 12.7. The molecule has 0 saturated heterocycles. The maximum Gasteiger partial charge on any atom is 0.0939 e. The number of thioether (sulfide) groups is 1. The Morgan fingerprint density at radius 2 is 2.41 bits per heavy atom. The van der Waals surface area contributed by atoms with Gasteiger partial charge in [0.05, 0.1) is 10.7 Å². The number of hydrogen-bond acceptors (Lipinski definition) is 4. The van der Waals surface area contributed by atoms with Crippen LogP contribution in [0, 0.1) is 6.92 Å². The van der Waals surface area contributed by atoms with Gasteiger partial charge >= 0.3 is 0 Å². The maximum atomic E-state index is 4.33. The number of hydrogen-bond donors (Lipinski definition) is 1. The number of rotatable bonds is 6. The first-order valence-corrected chi connectivity index (χ1v) is 7.49. The van der Waals surface area contributed by atoms with Gasteiger partial charge in [-0.15, -0.1) is 23.1 Å². The highest BCUT2D eigenvalue weighted by Crippen LogP contribution is 2.17. The van der Waals surface area contributed by atoms with Crippen molar-refractivity contribution in [3.05, 3.63) is 34.2 Å². The SMILES string of the molecule is Cc1cc(SCCNCc2cccs2)n(C)n1. The summed E-state index contributed by atoms with van der Waals surface area (Å²) >= 11 is 3.65. The van der Waals surface area contributed by atoms with Crippen molar-refractivity contribution < 1.29 is 0 Å². The highest BCUT2D eigenvalue weighted by Gasteiger charge is 2.01. The van der Waals surface area contributed by atoms with Crippen molar-refractivity contribution in [2.24, 2.45) is 7.05 Å². The van der Waals surface area contributed by atoms with E-state index in [4.69, 9.17) is 0 Å². The summed E-state index contributed by atoms with van der Waals surface area (Å²) in [7, 11) is 1.99. The Labute approximate surface area is 110 Å². The first-order chi connectivity index (χ1) is 8.25. The number of aromatic nitrogens is 2. The molecule has 0 bridgehead atoms. The molecule has 0 aliphatic rings. The molecule has 0 spiro atoms. The molecular formula is C12H17N3S2. The summed E-state index contributed by atoms with van der Waals surface area (Å²) in [5.74, 6) is 1.07. The lowest BCUT2D eigenvalue weighted by Crippen LogP contribution is -2.15. The second-order valence-electron chi connectivity index (χ2n) is 3.85. The summed E-state index contributed by atoms with van der Waals surface area (Å²) in [6, 6.07) is 6.38. The van der Waals surface area contributed by atoms with Crippen LogP contribution in [0.15, 0.2) is 28.6 Å². The zero-order valence-electron chi connectivity index (χ0n) is 10.1. The van der Waals surface area contributed by atoms with Gasteiger partial charge in [-0.2, -0.15) is 5.10 Å². The second-order valence-corrected chi connectivity index (χ2v) is 6.00. The molecule has 2 aromatic heterocycles. The molecule has 2 heterocycles. The smallest absolute Gasteiger partial charge is 0.0939 e. The highest BCUT2D eigenvalue weighted by molar-refractivity contribution is 7.99.